The molecule has 1 saturated heterocycles. The van der Waals surface area contributed by atoms with E-state index in [9.17, 15) is 13.2 Å². The Kier molecular flexibility index (Phi) is 7.34. The van der Waals surface area contributed by atoms with Gasteiger partial charge in [-0.3, -0.25) is 4.79 Å². The molecule has 1 N–H and O–H groups in total. The standard InChI is InChI=1S/C27H30N2O4S/c1-20-7-6-10-23(19-20)26(21-8-4-3-5-9-21)28-27(30)22-15-17-29(18-16-22)34(31,32)25-13-11-24(33-2)12-14-25/h3-14,19,22,26H,15-18H2,1-2H3,(H,28,30)/t26-/m1/s1. The molecule has 3 aromatic carbocycles. The van der Waals surface area contributed by atoms with Crippen molar-refractivity contribution in [2.45, 2.75) is 30.7 Å². The highest BCUT2D eigenvalue weighted by Crippen LogP contribution is 2.28. The molecule has 1 aliphatic rings. The molecule has 0 aromatic heterocycles. The number of nitrogens with zero attached hydrogens (tertiary/aromatic N) is 1. The Balaban J connectivity index is 1.44. The molecule has 0 saturated carbocycles. The summed E-state index contributed by atoms with van der Waals surface area (Å²) in [5, 5.41) is 3.22. The first-order valence-electron chi connectivity index (χ1n) is 11.4. The zero-order valence-corrected chi connectivity index (χ0v) is 20.3. The number of benzene rings is 3. The fourth-order valence-corrected chi connectivity index (χ4v) is 5.84. The second-order valence-electron chi connectivity index (χ2n) is 8.62. The molecule has 0 radical (unpaired) electrons. The van der Waals surface area contributed by atoms with Crippen molar-refractivity contribution in [3.63, 3.8) is 0 Å². The number of methoxy groups -OCH3 is 1. The molecule has 178 valence electrons. The molecule has 0 aliphatic carbocycles. The van der Waals surface area contributed by atoms with Crippen molar-refractivity contribution in [2.75, 3.05) is 20.2 Å². The molecule has 0 unspecified atom stereocenters. The molecule has 1 fully saturated rings. The van der Waals surface area contributed by atoms with Crippen LogP contribution in [0.25, 0.3) is 0 Å². The van der Waals surface area contributed by atoms with Gasteiger partial charge >= 0.3 is 0 Å². The van der Waals surface area contributed by atoms with Crippen molar-refractivity contribution >= 4 is 15.9 Å². The van der Waals surface area contributed by atoms with Gasteiger partial charge in [-0.2, -0.15) is 4.31 Å². The smallest absolute Gasteiger partial charge is 0.243 e. The molecule has 4 rings (SSSR count). The van der Waals surface area contributed by atoms with E-state index in [4.69, 9.17) is 4.74 Å². The van der Waals surface area contributed by atoms with E-state index >= 15 is 0 Å². The first kappa shape index (κ1) is 24.0. The van der Waals surface area contributed by atoms with Gasteiger partial charge in [-0.15, -0.1) is 0 Å². The van der Waals surface area contributed by atoms with Gasteiger partial charge in [0, 0.05) is 19.0 Å². The quantitative estimate of drug-likeness (QED) is 0.549. The van der Waals surface area contributed by atoms with Crippen LogP contribution in [0.2, 0.25) is 0 Å². The molecule has 3 aromatic rings. The van der Waals surface area contributed by atoms with Crippen LogP contribution in [-0.2, 0) is 14.8 Å². The van der Waals surface area contributed by atoms with E-state index in [2.05, 4.69) is 11.4 Å². The Morgan fingerprint density at radius 2 is 1.59 bits per heavy atom. The van der Waals surface area contributed by atoms with Crippen LogP contribution >= 0.6 is 0 Å². The molecule has 6 nitrogen and oxygen atoms in total. The van der Waals surface area contributed by atoms with Gasteiger partial charge in [0.2, 0.25) is 15.9 Å². The second-order valence-corrected chi connectivity index (χ2v) is 10.6. The molecule has 34 heavy (non-hydrogen) atoms. The first-order valence-corrected chi connectivity index (χ1v) is 12.9. The molecule has 0 bridgehead atoms. The number of rotatable bonds is 7. The average Bonchev–Trinajstić information content (AvgIpc) is 2.87. The second kappa shape index (κ2) is 10.4. The maximum Gasteiger partial charge on any atom is 0.243 e. The monoisotopic (exact) mass is 478 g/mol. The van der Waals surface area contributed by atoms with Gasteiger partial charge < -0.3 is 10.1 Å². The minimum atomic E-state index is -3.60. The fourth-order valence-electron chi connectivity index (χ4n) is 4.37. The largest absolute Gasteiger partial charge is 0.497 e. The highest BCUT2D eigenvalue weighted by Gasteiger charge is 2.33. The SMILES string of the molecule is COc1ccc(S(=O)(=O)N2CCC(C(=O)N[C@H](c3ccccc3)c3cccc(C)c3)CC2)cc1. The summed E-state index contributed by atoms with van der Waals surface area (Å²) in [4.78, 5) is 13.5. The maximum absolute atomic E-state index is 13.2. The number of aryl methyl sites for hydroxylation is 1. The lowest BCUT2D eigenvalue weighted by atomic mass is 9.93. The number of hydrogen-bond acceptors (Lipinski definition) is 4. The van der Waals surface area contributed by atoms with Crippen molar-refractivity contribution in [3.8, 4) is 5.75 Å². The fraction of sp³-hybridized carbons (Fsp3) is 0.296. The maximum atomic E-state index is 13.2. The van der Waals surface area contributed by atoms with E-state index in [0.717, 1.165) is 16.7 Å². The predicted molar refractivity (Wildman–Crippen MR) is 132 cm³/mol. The van der Waals surface area contributed by atoms with Gasteiger partial charge in [-0.25, -0.2) is 8.42 Å². The lowest BCUT2D eigenvalue weighted by Crippen LogP contribution is -2.43. The Labute approximate surface area is 201 Å². The van der Waals surface area contributed by atoms with Gasteiger partial charge in [0.15, 0.2) is 0 Å². The molecule has 1 aliphatic heterocycles. The molecule has 0 spiro atoms. The van der Waals surface area contributed by atoms with Gasteiger partial charge in [-0.1, -0.05) is 60.2 Å². The van der Waals surface area contributed by atoms with Gasteiger partial charge in [0.25, 0.3) is 0 Å². The van der Waals surface area contributed by atoms with Crippen LogP contribution < -0.4 is 10.1 Å². The van der Waals surface area contributed by atoms with E-state index < -0.39 is 10.0 Å². The number of carbonyl (C=O) groups is 1. The molecule has 1 atom stereocenters. The van der Waals surface area contributed by atoms with E-state index in [1.54, 1.807) is 31.4 Å². The lowest BCUT2D eigenvalue weighted by Gasteiger charge is -2.31. The number of piperidine rings is 1. The first-order chi connectivity index (χ1) is 16.4. The third-order valence-corrected chi connectivity index (χ3v) is 8.23. The van der Waals surface area contributed by atoms with Crippen LogP contribution in [-0.4, -0.2) is 38.8 Å². The van der Waals surface area contributed by atoms with Gasteiger partial charge in [-0.05, 0) is 55.2 Å². The zero-order chi connectivity index (χ0) is 24.1. The van der Waals surface area contributed by atoms with Crippen LogP contribution in [0.1, 0.15) is 35.6 Å². The Morgan fingerprint density at radius 1 is 0.941 bits per heavy atom. The van der Waals surface area contributed by atoms with Crippen LogP contribution in [0.5, 0.6) is 5.75 Å². The van der Waals surface area contributed by atoms with Crippen LogP contribution in [0.4, 0.5) is 0 Å². The summed E-state index contributed by atoms with van der Waals surface area (Å²) in [6.07, 6.45) is 0.965. The van der Waals surface area contributed by atoms with Gasteiger partial charge in [0.1, 0.15) is 5.75 Å². The summed E-state index contributed by atoms with van der Waals surface area (Å²) < 4.78 is 32.6. The van der Waals surface area contributed by atoms with Crippen molar-refractivity contribution in [1.29, 1.82) is 0 Å². The number of nitrogens with one attached hydrogen (secondary N) is 1. The van der Waals surface area contributed by atoms with Crippen molar-refractivity contribution < 1.29 is 17.9 Å². The third kappa shape index (κ3) is 5.32. The molecule has 1 amide bonds. The van der Waals surface area contributed by atoms with Crippen molar-refractivity contribution in [3.05, 3.63) is 95.6 Å². The number of carbonyl (C=O) groups excluding carboxylic acids is 1. The van der Waals surface area contributed by atoms with Crippen LogP contribution in [0.15, 0.2) is 83.8 Å². The zero-order valence-electron chi connectivity index (χ0n) is 19.5. The molecular weight excluding hydrogens is 448 g/mol. The highest BCUT2D eigenvalue weighted by atomic mass is 32.2. The number of ether oxygens (including phenoxy) is 1. The molecular formula is C27H30N2O4S. The summed E-state index contributed by atoms with van der Waals surface area (Å²) in [7, 11) is -2.06. The lowest BCUT2D eigenvalue weighted by molar-refractivity contribution is -0.126. The number of sulfonamides is 1. The third-order valence-electron chi connectivity index (χ3n) is 6.32. The minimum absolute atomic E-state index is 0.0446. The van der Waals surface area contributed by atoms with E-state index in [1.165, 1.54) is 4.31 Å². The molecule has 1 heterocycles. The van der Waals surface area contributed by atoms with Crippen LogP contribution in [0, 0.1) is 12.8 Å². The van der Waals surface area contributed by atoms with Crippen molar-refractivity contribution in [1.82, 2.24) is 9.62 Å². The summed E-state index contributed by atoms with van der Waals surface area (Å²) >= 11 is 0. The topological polar surface area (TPSA) is 75.7 Å². The minimum Gasteiger partial charge on any atom is -0.497 e. The van der Waals surface area contributed by atoms with E-state index in [0.29, 0.717) is 31.7 Å². The summed E-state index contributed by atoms with van der Waals surface area (Å²) in [5.74, 6) is 0.325. The predicted octanol–water partition coefficient (Wildman–Crippen LogP) is 4.31. The highest BCUT2D eigenvalue weighted by molar-refractivity contribution is 7.89. The average molecular weight is 479 g/mol. The van der Waals surface area contributed by atoms with Crippen molar-refractivity contribution in [2.24, 2.45) is 5.92 Å². The number of hydrogen-bond donors (Lipinski definition) is 1. The Bertz CT molecular complexity index is 1220. The Morgan fingerprint density at radius 3 is 2.21 bits per heavy atom. The number of amides is 1. The molecule has 7 heteroatoms. The van der Waals surface area contributed by atoms with Gasteiger partial charge in [0.05, 0.1) is 18.0 Å². The van der Waals surface area contributed by atoms with Crippen LogP contribution in [0.3, 0.4) is 0 Å². The summed E-state index contributed by atoms with van der Waals surface area (Å²) in [6.45, 7) is 2.66. The summed E-state index contributed by atoms with van der Waals surface area (Å²) in [6, 6.07) is 24.2. The van der Waals surface area contributed by atoms with E-state index in [1.807, 2.05) is 55.5 Å². The van der Waals surface area contributed by atoms with E-state index in [-0.39, 0.29) is 22.8 Å². The normalized spacial score (nSPS) is 16.1. The summed E-state index contributed by atoms with van der Waals surface area (Å²) in [5.41, 5.74) is 3.17. The Hall–Kier alpha value is -3.16.